The van der Waals surface area contributed by atoms with E-state index in [0.717, 1.165) is 54.4 Å². The lowest BCUT2D eigenvalue weighted by Crippen LogP contribution is -2.30. The van der Waals surface area contributed by atoms with E-state index in [1.165, 1.54) is 0 Å². The maximum absolute atomic E-state index is 12.5. The molecule has 0 radical (unpaired) electrons. The number of aromatic nitrogens is 3. The zero-order valence-electron chi connectivity index (χ0n) is 14.8. The molecule has 0 saturated carbocycles. The van der Waals surface area contributed by atoms with E-state index in [1.54, 1.807) is 11.8 Å². The highest BCUT2D eigenvalue weighted by Crippen LogP contribution is 2.21. The van der Waals surface area contributed by atoms with Gasteiger partial charge >= 0.3 is 0 Å². The van der Waals surface area contributed by atoms with Crippen LogP contribution in [0.25, 0.3) is 11.0 Å². The van der Waals surface area contributed by atoms with Gasteiger partial charge in [-0.15, -0.1) is 0 Å². The number of hydrogen-bond acceptors (Lipinski definition) is 4. The third-order valence-electron chi connectivity index (χ3n) is 4.45. The fourth-order valence-electron chi connectivity index (χ4n) is 3.05. The molecule has 0 aromatic carbocycles. The van der Waals surface area contributed by atoms with Crippen molar-refractivity contribution in [3.8, 4) is 0 Å². The predicted molar refractivity (Wildman–Crippen MR) is 99.5 cm³/mol. The molecule has 1 unspecified atom stereocenters. The summed E-state index contributed by atoms with van der Waals surface area (Å²) >= 11 is 1.81. The highest BCUT2D eigenvalue weighted by molar-refractivity contribution is 7.98. The van der Waals surface area contributed by atoms with E-state index < -0.39 is 0 Å². The zero-order valence-corrected chi connectivity index (χ0v) is 15.6. The summed E-state index contributed by atoms with van der Waals surface area (Å²) in [6.45, 7) is 10.4. The molecule has 2 N–H and O–H groups in total. The van der Waals surface area contributed by atoms with Crippen LogP contribution in [0.2, 0.25) is 0 Å². The first-order valence-electron chi connectivity index (χ1n) is 8.37. The lowest BCUT2D eigenvalue weighted by Gasteiger charge is -2.26. The maximum Gasteiger partial charge on any atom is 0.260 e. The van der Waals surface area contributed by atoms with Crippen LogP contribution in [0.5, 0.6) is 0 Å². The van der Waals surface area contributed by atoms with Gasteiger partial charge in [0, 0.05) is 5.69 Å². The number of nitrogens with one attached hydrogen (secondary N) is 2. The molecular weight excluding hydrogens is 308 g/mol. The molecule has 0 aliphatic heterocycles. The van der Waals surface area contributed by atoms with Gasteiger partial charge in [0.05, 0.1) is 11.4 Å². The van der Waals surface area contributed by atoms with Crippen LogP contribution in [0, 0.1) is 6.92 Å². The summed E-state index contributed by atoms with van der Waals surface area (Å²) in [5, 5.41) is 0.704. The molecule has 2 heterocycles. The summed E-state index contributed by atoms with van der Waals surface area (Å²) in [6.07, 6.45) is 4.12. The van der Waals surface area contributed by atoms with E-state index >= 15 is 0 Å². The average molecular weight is 337 g/mol. The molecule has 0 amide bonds. The Morgan fingerprint density at radius 2 is 2.04 bits per heavy atom. The number of rotatable bonds is 8. The van der Waals surface area contributed by atoms with Crippen molar-refractivity contribution < 1.29 is 0 Å². The highest BCUT2D eigenvalue weighted by Gasteiger charge is 2.19. The van der Waals surface area contributed by atoms with Crippen LogP contribution < -0.4 is 5.56 Å². The number of aryl methyl sites for hydroxylation is 2. The number of H-pyrrole nitrogens is 2. The van der Waals surface area contributed by atoms with Crippen molar-refractivity contribution in [3.05, 3.63) is 27.4 Å². The summed E-state index contributed by atoms with van der Waals surface area (Å²) in [5.74, 6) is 1.78. The van der Waals surface area contributed by atoms with E-state index in [2.05, 4.69) is 41.9 Å². The zero-order chi connectivity index (χ0) is 17.0. The van der Waals surface area contributed by atoms with Gasteiger partial charge < -0.3 is 9.97 Å². The summed E-state index contributed by atoms with van der Waals surface area (Å²) in [7, 11) is 0. The molecule has 1 atom stereocenters. The van der Waals surface area contributed by atoms with E-state index in [-0.39, 0.29) is 11.6 Å². The summed E-state index contributed by atoms with van der Waals surface area (Å²) < 4.78 is 0. The van der Waals surface area contributed by atoms with Crippen molar-refractivity contribution in [2.24, 2.45) is 0 Å². The third-order valence-corrected chi connectivity index (χ3v) is 5.06. The second-order valence-corrected chi connectivity index (χ2v) is 6.94. The molecular formula is C17H28N4OS. The number of nitrogens with zero attached hydrogens (tertiary/aromatic N) is 2. The molecule has 0 bridgehead atoms. The molecule has 2 rings (SSSR count). The van der Waals surface area contributed by atoms with Crippen molar-refractivity contribution in [2.75, 3.05) is 25.1 Å². The first-order valence-corrected chi connectivity index (χ1v) is 9.77. The van der Waals surface area contributed by atoms with Gasteiger partial charge in [-0.2, -0.15) is 11.8 Å². The predicted octanol–water partition coefficient (Wildman–Crippen LogP) is 3.26. The Balaban J connectivity index is 2.42. The van der Waals surface area contributed by atoms with Gasteiger partial charge in [0.15, 0.2) is 0 Å². The molecule has 2 aromatic heterocycles. The molecule has 23 heavy (non-hydrogen) atoms. The van der Waals surface area contributed by atoms with Gasteiger partial charge in [0.1, 0.15) is 11.5 Å². The maximum atomic E-state index is 12.5. The lowest BCUT2D eigenvalue weighted by molar-refractivity contribution is 0.214. The van der Waals surface area contributed by atoms with E-state index in [4.69, 9.17) is 4.98 Å². The number of hydrogen-bond donors (Lipinski definition) is 2. The Morgan fingerprint density at radius 1 is 1.30 bits per heavy atom. The standard InChI is InChI=1S/C17H28N4OS/c1-6-9-21(7-2)12(4)15-19-16-14(17(22)20-15)11(3)13(18-16)8-10-23-5/h12H,6-10H2,1-5H3,(H2,18,19,20,22). The first kappa shape index (κ1) is 18.1. The van der Waals surface area contributed by atoms with Crippen LogP contribution in [0.3, 0.4) is 0 Å². The third kappa shape index (κ3) is 3.80. The van der Waals surface area contributed by atoms with E-state index in [0.29, 0.717) is 5.39 Å². The summed E-state index contributed by atoms with van der Waals surface area (Å²) in [4.78, 5) is 25.9. The number of thioether (sulfide) groups is 1. The largest absolute Gasteiger partial charge is 0.343 e. The van der Waals surface area contributed by atoms with Crippen molar-refractivity contribution in [1.82, 2.24) is 19.9 Å². The fourth-order valence-corrected chi connectivity index (χ4v) is 3.46. The molecule has 0 saturated heterocycles. The minimum atomic E-state index is -0.0337. The Morgan fingerprint density at radius 3 is 2.65 bits per heavy atom. The normalized spacial score (nSPS) is 13.1. The fraction of sp³-hybridized carbons (Fsp3) is 0.647. The van der Waals surface area contributed by atoms with Crippen LogP contribution in [-0.4, -0.2) is 44.9 Å². The molecule has 0 spiro atoms. The van der Waals surface area contributed by atoms with Crippen LogP contribution >= 0.6 is 11.8 Å². The van der Waals surface area contributed by atoms with Gasteiger partial charge in [0.2, 0.25) is 0 Å². The quantitative estimate of drug-likeness (QED) is 0.776. The highest BCUT2D eigenvalue weighted by atomic mass is 32.2. The Kier molecular flexibility index (Phi) is 6.30. The summed E-state index contributed by atoms with van der Waals surface area (Å²) in [5.41, 5.74) is 2.84. The monoisotopic (exact) mass is 336 g/mol. The minimum absolute atomic E-state index is 0.0337. The van der Waals surface area contributed by atoms with Crippen molar-refractivity contribution >= 4 is 22.8 Å². The second-order valence-electron chi connectivity index (χ2n) is 5.95. The molecule has 6 heteroatoms. The Labute approximate surface area is 142 Å². The van der Waals surface area contributed by atoms with Gasteiger partial charge in [-0.25, -0.2) is 4.98 Å². The lowest BCUT2D eigenvalue weighted by atomic mass is 10.2. The van der Waals surface area contributed by atoms with Gasteiger partial charge in [-0.1, -0.05) is 13.8 Å². The molecule has 0 aliphatic rings. The van der Waals surface area contributed by atoms with Crippen molar-refractivity contribution in [1.29, 1.82) is 0 Å². The second kappa shape index (κ2) is 8.02. The van der Waals surface area contributed by atoms with Crippen molar-refractivity contribution in [3.63, 3.8) is 0 Å². The van der Waals surface area contributed by atoms with E-state index in [9.17, 15) is 4.79 Å². The van der Waals surface area contributed by atoms with Crippen LogP contribution in [-0.2, 0) is 6.42 Å². The SMILES string of the molecule is CCCN(CC)C(C)c1nc2[nH]c(CCSC)c(C)c2c(=O)[nH]1. The molecule has 0 fully saturated rings. The van der Waals surface area contributed by atoms with Crippen LogP contribution in [0.4, 0.5) is 0 Å². The smallest absolute Gasteiger partial charge is 0.260 e. The van der Waals surface area contributed by atoms with E-state index in [1.807, 2.05) is 6.92 Å². The average Bonchev–Trinajstić information content (AvgIpc) is 2.86. The molecule has 2 aromatic rings. The topological polar surface area (TPSA) is 64.8 Å². The number of fused-ring (bicyclic) bond motifs is 1. The molecule has 128 valence electrons. The van der Waals surface area contributed by atoms with Crippen LogP contribution in [0.1, 0.15) is 50.3 Å². The molecule has 0 aliphatic carbocycles. The van der Waals surface area contributed by atoms with Crippen molar-refractivity contribution in [2.45, 2.75) is 46.6 Å². The molecule has 5 nitrogen and oxygen atoms in total. The van der Waals surface area contributed by atoms with Gasteiger partial charge in [-0.3, -0.25) is 9.69 Å². The van der Waals surface area contributed by atoms with Gasteiger partial charge in [-0.05, 0) is 57.4 Å². The number of aromatic amines is 2. The minimum Gasteiger partial charge on any atom is -0.343 e. The first-order chi connectivity index (χ1) is 11.0. The summed E-state index contributed by atoms with van der Waals surface area (Å²) in [6, 6.07) is 0.107. The van der Waals surface area contributed by atoms with Gasteiger partial charge in [0.25, 0.3) is 5.56 Å². The van der Waals surface area contributed by atoms with Crippen LogP contribution in [0.15, 0.2) is 4.79 Å². The Hall–Kier alpha value is -1.27. The Bertz CT molecular complexity index is 706.